The molecule has 21 heavy (non-hydrogen) atoms. The van der Waals surface area contributed by atoms with Crippen molar-refractivity contribution in [2.24, 2.45) is 0 Å². The van der Waals surface area contributed by atoms with Crippen LogP contribution in [0.1, 0.15) is 20.8 Å². The second kappa shape index (κ2) is 6.64. The summed E-state index contributed by atoms with van der Waals surface area (Å²) in [7, 11) is -3.60. The van der Waals surface area contributed by atoms with Crippen molar-refractivity contribution in [3.8, 4) is 5.75 Å². The lowest BCUT2D eigenvalue weighted by atomic mass is 10.3. The van der Waals surface area contributed by atoms with Crippen LogP contribution in [0, 0.1) is 0 Å². The van der Waals surface area contributed by atoms with Crippen LogP contribution in [-0.2, 0) is 14.8 Å². The number of morpholine rings is 1. The van der Waals surface area contributed by atoms with Gasteiger partial charge in [-0.1, -0.05) is 15.9 Å². The largest absolute Gasteiger partial charge is 0.492 e. The summed E-state index contributed by atoms with van der Waals surface area (Å²) in [6.45, 7) is 6.71. The maximum atomic E-state index is 12.9. The van der Waals surface area contributed by atoms with Crippen molar-refractivity contribution in [3.63, 3.8) is 0 Å². The fraction of sp³-hybridized carbons (Fsp3) is 0.571. The second-order valence-corrected chi connectivity index (χ2v) is 7.93. The summed E-state index contributed by atoms with van der Waals surface area (Å²) in [5.74, 6) is 0.382. The van der Waals surface area contributed by atoms with Crippen LogP contribution in [0.3, 0.4) is 0 Å². The van der Waals surface area contributed by atoms with Crippen molar-refractivity contribution in [2.75, 3.05) is 19.7 Å². The van der Waals surface area contributed by atoms with Crippen molar-refractivity contribution in [3.05, 3.63) is 22.7 Å². The van der Waals surface area contributed by atoms with Crippen molar-refractivity contribution in [1.82, 2.24) is 4.31 Å². The fourth-order valence-corrected chi connectivity index (χ4v) is 4.68. The zero-order valence-corrected chi connectivity index (χ0v) is 14.8. The van der Waals surface area contributed by atoms with Gasteiger partial charge in [-0.25, -0.2) is 8.42 Å². The molecule has 1 aliphatic heterocycles. The van der Waals surface area contributed by atoms with E-state index < -0.39 is 10.0 Å². The standard InChI is InChI=1S/C14H20BrNO4S/c1-4-19-13-6-5-12(15)7-14(13)21(17,18)16-8-10(2)20-11(3)9-16/h5-7,10-11H,4,8-9H2,1-3H3/t10-,11+. The Labute approximate surface area is 134 Å². The second-order valence-electron chi connectivity index (χ2n) is 5.10. The topological polar surface area (TPSA) is 55.8 Å². The van der Waals surface area contributed by atoms with Gasteiger partial charge in [0.2, 0.25) is 10.0 Å². The summed E-state index contributed by atoms with van der Waals surface area (Å²) < 4.78 is 39.0. The first-order valence-corrected chi connectivity index (χ1v) is 9.16. The van der Waals surface area contributed by atoms with Gasteiger partial charge < -0.3 is 9.47 Å². The number of nitrogens with zero attached hydrogens (tertiary/aromatic N) is 1. The lowest BCUT2D eigenvalue weighted by Crippen LogP contribution is -2.48. The molecule has 0 N–H and O–H groups in total. The first kappa shape index (κ1) is 16.7. The van der Waals surface area contributed by atoms with Gasteiger partial charge in [-0.05, 0) is 39.0 Å². The molecule has 1 fully saturated rings. The molecule has 0 bridgehead atoms. The van der Waals surface area contributed by atoms with Gasteiger partial charge in [0.05, 0.1) is 18.8 Å². The van der Waals surface area contributed by atoms with E-state index in [9.17, 15) is 8.42 Å². The number of ether oxygens (including phenoxy) is 2. The molecule has 1 saturated heterocycles. The third-order valence-electron chi connectivity index (χ3n) is 3.21. The minimum atomic E-state index is -3.60. The van der Waals surface area contributed by atoms with Crippen LogP contribution in [-0.4, -0.2) is 44.6 Å². The van der Waals surface area contributed by atoms with Crippen LogP contribution in [0.25, 0.3) is 0 Å². The molecule has 2 rings (SSSR count). The molecular weight excluding hydrogens is 358 g/mol. The molecule has 0 saturated carbocycles. The lowest BCUT2D eigenvalue weighted by molar-refractivity contribution is -0.0441. The number of benzene rings is 1. The maximum absolute atomic E-state index is 12.9. The van der Waals surface area contributed by atoms with E-state index in [0.717, 1.165) is 0 Å². The molecule has 1 aliphatic rings. The Morgan fingerprint density at radius 1 is 1.33 bits per heavy atom. The highest BCUT2D eigenvalue weighted by atomic mass is 79.9. The van der Waals surface area contributed by atoms with Gasteiger partial charge in [0.1, 0.15) is 10.6 Å². The molecule has 0 radical (unpaired) electrons. The normalized spacial score (nSPS) is 24.0. The number of rotatable bonds is 4. The van der Waals surface area contributed by atoms with Gasteiger partial charge in [-0.2, -0.15) is 4.31 Å². The molecule has 0 amide bonds. The van der Waals surface area contributed by atoms with E-state index in [0.29, 0.717) is 29.9 Å². The molecule has 1 heterocycles. The SMILES string of the molecule is CCOc1ccc(Br)cc1S(=O)(=O)N1C[C@@H](C)O[C@@H](C)C1. The van der Waals surface area contributed by atoms with Crippen LogP contribution in [0.2, 0.25) is 0 Å². The Balaban J connectivity index is 2.41. The highest BCUT2D eigenvalue weighted by Crippen LogP contribution is 2.31. The first-order valence-electron chi connectivity index (χ1n) is 6.92. The number of hydrogen-bond donors (Lipinski definition) is 0. The number of sulfonamides is 1. The first-order chi connectivity index (χ1) is 9.84. The molecule has 0 unspecified atom stereocenters. The van der Waals surface area contributed by atoms with Crippen molar-refractivity contribution >= 4 is 26.0 Å². The molecule has 7 heteroatoms. The molecule has 2 atom stereocenters. The Morgan fingerprint density at radius 2 is 1.95 bits per heavy atom. The van der Waals surface area contributed by atoms with E-state index >= 15 is 0 Å². The van der Waals surface area contributed by atoms with E-state index in [2.05, 4.69) is 15.9 Å². The Kier molecular flexibility index (Phi) is 5.29. The Hall–Kier alpha value is -0.630. The molecule has 1 aromatic carbocycles. The van der Waals surface area contributed by atoms with Gasteiger partial charge in [-0.3, -0.25) is 0 Å². The van der Waals surface area contributed by atoms with Gasteiger partial charge in [0, 0.05) is 17.6 Å². The Bertz CT molecular complexity index is 595. The van der Waals surface area contributed by atoms with Crippen LogP contribution >= 0.6 is 15.9 Å². The molecular formula is C14H20BrNO4S. The summed E-state index contributed by atoms with van der Waals surface area (Å²) in [4.78, 5) is 0.194. The molecule has 0 aliphatic carbocycles. The van der Waals surface area contributed by atoms with E-state index in [-0.39, 0.29) is 17.1 Å². The van der Waals surface area contributed by atoms with Crippen LogP contribution in [0.5, 0.6) is 5.75 Å². The third kappa shape index (κ3) is 3.77. The minimum Gasteiger partial charge on any atom is -0.492 e. The van der Waals surface area contributed by atoms with Crippen molar-refractivity contribution < 1.29 is 17.9 Å². The highest BCUT2D eigenvalue weighted by molar-refractivity contribution is 9.10. The zero-order chi connectivity index (χ0) is 15.6. The Morgan fingerprint density at radius 3 is 2.52 bits per heavy atom. The van der Waals surface area contributed by atoms with Crippen LogP contribution in [0.4, 0.5) is 0 Å². The van der Waals surface area contributed by atoms with Gasteiger partial charge in [-0.15, -0.1) is 0 Å². The summed E-state index contributed by atoms with van der Waals surface area (Å²) in [6, 6.07) is 5.04. The van der Waals surface area contributed by atoms with Gasteiger partial charge in [0.25, 0.3) is 0 Å². The molecule has 118 valence electrons. The van der Waals surface area contributed by atoms with E-state index in [1.165, 1.54) is 4.31 Å². The average molecular weight is 378 g/mol. The third-order valence-corrected chi connectivity index (χ3v) is 5.56. The lowest BCUT2D eigenvalue weighted by Gasteiger charge is -2.34. The summed E-state index contributed by atoms with van der Waals surface area (Å²) in [5.41, 5.74) is 0. The predicted octanol–water partition coefficient (Wildman–Crippen LogP) is 2.65. The molecule has 0 spiro atoms. The van der Waals surface area contributed by atoms with E-state index in [1.807, 2.05) is 20.8 Å². The molecule has 0 aromatic heterocycles. The van der Waals surface area contributed by atoms with Gasteiger partial charge in [0.15, 0.2) is 0 Å². The van der Waals surface area contributed by atoms with Gasteiger partial charge >= 0.3 is 0 Å². The zero-order valence-electron chi connectivity index (χ0n) is 12.4. The summed E-state index contributed by atoms with van der Waals surface area (Å²) in [5, 5.41) is 0. The monoisotopic (exact) mass is 377 g/mol. The number of halogens is 1. The summed E-state index contributed by atoms with van der Waals surface area (Å²) in [6.07, 6.45) is -0.238. The fourth-order valence-electron chi connectivity index (χ4n) is 2.42. The smallest absolute Gasteiger partial charge is 0.246 e. The predicted molar refractivity (Wildman–Crippen MR) is 84.1 cm³/mol. The number of hydrogen-bond acceptors (Lipinski definition) is 4. The van der Waals surface area contributed by atoms with E-state index in [1.54, 1.807) is 18.2 Å². The van der Waals surface area contributed by atoms with Crippen LogP contribution < -0.4 is 4.74 Å². The van der Waals surface area contributed by atoms with Crippen molar-refractivity contribution in [1.29, 1.82) is 0 Å². The van der Waals surface area contributed by atoms with Crippen LogP contribution in [0.15, 0.2) is 27.6 Å². The summed E-state index contributed by atoms with van der Waals surface area (Å²) >= 11 is 3.32. The molecule has 1 aromatic rings. The maximum Gasteiger partial charge on any atom is 0.246 e. The highest BCUT2D eigenvalue weighted by Gasteiger charge is 2.34. The molecule has 5 nitrogen and oxygen atoms in total. The minimum absolute atomic E-state index is 0.119. The average Bonchev–Trinajstić information content (AvgIpc) is 2.40. The van der Waals surface area contributed by atoms with E-state index in [4.69, 9.17) is 9.47 Å². The quantitative estimate of drug-likeness (QED) is 0.809. The van der Waals surface area contributed by atoms with Crippen molar-refractivity contribution in [2.45, 2.75) is 37.9 Å².